The number of benzene rings is 2. The fourth-order valence-corrected chi connectivity index (χ4v) is 7.59. The zero-order valence-electron chi connectivity index (χ0n) is 29.3. The highest BCUT2D eigenvalue weighted by atomic mass is 19.4. The van der Waals surface area contributed by atoms with E-state index in [2.05, 4.69) is 22.2 Å². The van der Waals surface area contributed by atoms with Gasteiger partial charge in [0.2, 0.25) is 12.3 Å². The number of rotatable bonds is 11. The number of urea groups is 1. The first kappa shape index (κ1) is 37.4. The fourth-order valence-electron chi connectivity index (χ4n) is 7.59. The van der Waals surface area contributed by atoms with Crippen LogP contribution in [0.2, 0.25) is 0 Å². The van der Waals surface area contributed by atoms with Crippen molar-refractivity contribution in [2.24, 2.45) is 0 Å². The molecule has 5 rings (SSSR count). The molecule has 0 aliphatic carbocycles. The Morgan fingerprint density at radius 2 is 1.60 bits per heavy atom. The maximum absolute atomic E-state index is 14.0. The van der Waals surface area contributed by atoms with Crippen LogP contribution in [0.25, 0.3) is 0 Å². The Bertz CT molecular complexity index is 1450. The van der Waals surface area contributed by atoms with Crippen molar-refractivity contribution >= 4 is 24.0 Å². The van der Waals surface area contributed by atoms with Crippen LogP contribution in [0.4, 0.5) is 23.7 Å². The molecule has 3 heterocycles. The molecule has 3 aliphatic rings. The van der Waals surface area contributed by atoms with Gasteiger partial charge >= 0.3 is 12.2 Å². The molecule has 3 aliphatic heterocycles. The van der Waals surface area contributed by atoms with Gasteiger partial charge in [0.05, 0.1) is 5.56 Å². The van der Waals surface area contributed by atoms with E-state index in [-0.39, 0.29) is 30.4 Å². The van der Waals surface area contributed by atoms with E-state index in [9.17, 15) is 27.6 Å². The van der Waals surface area contributed by atoms with Crippen molar-refractivity contribution in [2.45, 2.75) is 76.2 Å². The molecule has 3 N–H and O–H groups in total. The predicted octanol–water partition coefficient (Wildman–Crippen LogP) is 3.87. The first-order valence-electron chi connectivity index (χ1n) is 18.0. The lowest BCUT2D eigenvalue weighted by Gasteiger charge is -2.42. The largest absolute Gasteiger partial charge is 0.416 e. The summed E-state index contributed by atoms with van der Waals surface area (Å²) in [7, 11) is 2.12. The van der Waals surface area contributed by atoms with Crippen LogP contribution in [0.5, 0.6) is 0 Å². The first-order chi connectivity index (χ1) is 24.0. The number of piperazine rings is 1. The maximum Gasteiger partial charge on any atom is 0.416 e. The molecule has 13 heteroatoms. The van der Waals surface area contributed by atoms with Gasteiger partial charge in [0.15, 0.2) is 0 Å². The fraction of sp³-hybridized carbons (Fsp3) is 0.595. The van der Waals surface area contributed by atoms with Crippen molar-refractivity contribution in [1.82, 2.24) is 29.8 Å². The van der Waals surface area contributed by atoms with Gasteiger partial charge in [-0.05, 0) is 74.4 Å². The number of likely N-dealkylation sites (N-methyl/N-ethyl adjacent to an activating group) is 1. The van der Waals surface area contributed by atoms with Crippen LogP contribution in [-0.4, -0.2) is 127 Å². The topological polar surface area (TPSA) is 105 Å². The number of aryl methyl sites for hydroxylation is 1. The highest BCUT2D eigenvalue weighted by Gasteiger charge is 2.36. The number of piperidine rings is 2. The van der Waals surface area contributed by atoms with Crippen LogP contribution < -0.4 is 11.1 Å². The number of nitrogens with one attached hydrogen (secondary N) is 1. The molecule has 0 bridgehead atoms. The van der Waals surface area contributed by atoms with Gasteiger partial charge in [-0.15, -0.1) is 0 Å². The highest BCUT2D eigenvalue weighted by molar-refractivity contribution is 5.87. The second-order valence-corrected chi connectivity index (χ2v) is 14.0. The smallest absolute Gasteiger partial charge is 0.399 e. The number of carbonyl (C=O) groups is 3. The molecule has 0 radical (unpaired) electrons. The minimum atomic E-state index is -4.53. The number of nitrogens with zero attached hydrogens (tertiary/aromatic N) is 5. The quantitative estimate of drug-likeness (QED) is 0.273. The molecule has 274 valence electrons. The molecule has 0 spiro atoms. The van der Waals surface area contributed by atoms with Gasteiger partial charge in [-0.3, -0.25) is 14.5 Å². The van der Waals surface area contributed by atoms with Crippen molar-refractivity contribution in [2.75, 3.05) is 71.7 Å². The number of nitrogens with two attached hydrogens (primary N) is 1. The van der Waals surface area contributed by atoms with Crippen molar-refractivity contribution in [1.29, 1.82) is 0 Å². The zero-order valence-corrected chi connectivity index (χ0v) is 29.3. The van der Waals surface area contributed by atoms with Crippen molar-refractivity contribution < 1.29 is 27.6 Å². The molecule has 0 unspecified atom stereocenters. The molecule has 4 amide bonds. The van der Waals surface area contributed by atoms with Gasteiger partial charge in [0.25, 0.3) is 0 Å². The number of hydrogen-bond donors (Lipinski definition) is 2. The summed E-state index contributed by atoms with van der Waals surface area (Å²) in [5, 5.41) is 2.91. The number of likely N-dealkylation sites (tertiary alicyclic amines) is 2. The van der Waals surface area contributed by atoms with Gasteiger partial charge in [-0.1, -0.05) is 37.3 Å². The van der Waals surface area contributed by atoms with E-state index in [0.29, 0.717) is 69.3 Å². The van der Waals surface area contributed by atoms with E-state index in [1.54, 1.807) is 27.7 Å². The summed E-state index contributed by atoms with van der Waals surface area (Å²) in [6, 6.07) is 10.7. The number of carbonyl (C=O) groups excluding carboxylic acids is 3. The van der Waals surface area contributed by atoms with Crippen LogP contribution in [-0.2, 0) is 35.0 Å². The molecule has 10 nitrogen and oxygen atoms in total. The zero-order chi connectivity index (χ0) is 35.8. The third-order valence-corrected chi connectivity index (χ3v) is 10.8. The molecular weight excluding hydrogens is 647 g/mol. The third kappa shape index (κ3) is 9.48. The Morgan fingerprint density at radius 1 is 0.940 bits per heavy atom. The summed E-state index contributed by atoms with van der Waals surface area (Å²) in [6.07, 6.45) is -0.0954. The number of para-hydroxylation sites is 1. The number of halogens is 3. The second-order valence-electron chi connectivity index (χ2n) is 14.0. The van der Waals surface area contributed by atoms with Crippen molar-refractivity contribution in [3.8, 4) is 0 Å². The van der Waals surface area contributed by atoms with Gasteiger partial charge in [0.1, 0.15) is 6.04 Å². The van der Waals surface area contributed by atoms with Crippen molar-refractivity contribution in [3.63, 3.8) is 0 Å². The lowest BCUT2D eigenvalue weighted by molar-refractivity contribution is -0.138. The maximum atomic E-state index is 14.0. The molecule has 2 aromatic carbocycles. The monoisotopic (exact) mass is 699 g/mol. The lowest BCUT2D eigenvalue weighted by Crippen LogP contribution is -2.58. The number of hydrogen-bond acceptors (Lipinski definition) is 6. The van der Waals surface area contributed by atoms with Gasteiger partial charge in [-0.2, -0.15) is 13.2 Å². The van der Waals surface area contributed by atoms with E-state index in [1.807, 2.05) is 24.3 Å². The summed E-state index contributed by atoms with van der Waals surface area (Å²) in [6.45, 7) is 8.03. The second kappa shape index (κ2) is 16.9. The molecule has 2 aromatic rings. The van der Waals surface area contributed by atoms with E-state index >= 15 is 0 Å². The van der Waals surface area contributed by atoms with E-state index < -0.39 is 23.8 Å². The predicted molar refractivity (Wildman–Crippen MR) is 187 cm³/mol. The number of amides is 4. The molecule has 3 fully saturated rings. The van der Waals surface area contributed by atoms with Crippen LogP contribution in [0.1, 0.15) is 54.9 Å². The third-order valence-electron chi connectivity index (χ3n) is 10.8. The van der Waals surface area contributed by atoms with E-state index in [4.69, 9.17) is 5.73 Å². The van der Waals surface area contributed by atoms with Gasteiger partial charge in [-0.25, -0.2) is 4.79 Å². The lowest BCUT2D eigenvalue weighted by atomic mass is 9.96. The minimum absolute atomic E-state index is 0.0432. The van der Waals surface area contributed by atoms with Crippen molar-refractivity contribution in [3.05, 3.63) is 64.7 Å². The Balaban J connectivity index is 1.23. The molecule has 50 heavy (non-hydrogen) atoms. The molecule has 0 saturated carbocycles. The molecular formula is C37H52F3N7O3. The van der Waals surface area contributed by atoms with E-state index in [1.165, 1.54) is 6.07 Å². The number of nitrogen functional groups attached to an aromatic ring is 1. The van der Waals surface area contributed by atoms with Gasteiger partial charge < -0.3 is 30.7 Å². The minimum Gasteiger partial charge on any atom is -0.399 e. The summed E-state index contributed by atoms with van der Waals surface area (Å²) >= 11 is 0. The average Bonchev–Trinajstić information content (AvgIpc) is 3.12. The highest BCUT2D eigenvalue weighted by Crippen LogP contribution is 2.33. The van der Waals surface area contributed by atoms with Crippen LogP contribution in [0.3, 0.4) is 0 Å². The van der Waals surface area contributed by atoms with Gasteiger partial charge in [0, 0.05) is 83.1 Å². The SMILES string of the molecule is CCc1ccc(C[C@@H](NC(=O)N2CCC(N(C=O)CCc3ccccc3N)CC2)C(=O)N2CCC(N3CCN(C)CC3)CC2)cc1C(F)(F)F. The number of alkyl halides is 3. The van der Waals surface area contributed by atoms with Crippen LogP contribution in [0.15, 0.2) is 42.5 Å². The Kier molecular flexibility index (Phi) is 12.7. The van der Waals surface area contributed by atoms with Crippen LogP contribution >= 0.6 is 0 Å². The standard InChI is InChI=1S/C37H52F3N7O3/c1-3-28-9-8-27(24-32(28)37(38,39)40)25-34(35(49)45-16-11-30(12-17-45)44-22-20-43(2)21-23-44)42-36(50)46-18-13-31(14-19-46)47(26-48)15-10-29-6-4-5-7-33(29)41/h4-9,24,26,30-31,34H,3,10-23,25,41H2,1-2H3,(H,42,50)/t34-/m1/s1. The van der Waals surface area contributed by atoms with E-state index in [0.717, 1.165) is 57.1 Å². The number of anilines is 1. The summed E-state index contributed by atoms with van der Waals surface area (Å²) in [5.74, 6) is -0.273. The Labute approximate surface area is 293 Å². The first-order valence-corrected chi connectivity index (χ1v) is 18.0. The Morgan fingerprint density at radius 3 is 2.22 bits per heavy atom. The average molecular weight is 700 g/mol. The summed E-state index contributed by atoms with van der Waals surface area (Å²) in [4.78, 5) is 49.6. The normalized spacial score (nSPS) is 19.3. The summed E-state index contributed by atoms with van der Waals surface area (Å²) in [5.41, 5.74) is 7.57. The van der Waals surface area contributed by atoms with Crippen LogP contribution in [0, 0.1) is 0 Å². The molecule has 0 aromatic heterocycles. The Hall–Kier alpha value is -3.84. The molecule has 3 saturated heterocycles. The molecule has 1 atom stereocenters. The summed E-state index contributed by atoms with van der Waals surface area (Å²) < 4.78 is 41.8.